The Labute approximate surface area is 160 Å². The Kier molecular flexibility index (Phi) is 5.06. The molecule has 2 aromatic rings. The number of pyridine rings is 1. The average Bonchev–Trinajstić information content (AvgIpc) is 2.58. The number of fused-ring (bicyclic) bond motifs is 1. The van der Waals surface area contributed by atoms with Crippen LogP contribution in [0, 0.1) is 5.82 Å². The summed E-state index contributed by atoms with van der Waals surface area (Å²) in [5.41, 5.74) is 0.632. The molecule has 0 saturated heterocycles. The van der Waals surface area contributed by atoms with Crippen molar-refractivity contribution in [3.63, 3.8) is 0 Å². The summed E-state index contributed by atoms with van der Waals surface area (Å²) >= 11 is 5.83. The van der Waals surface area contributed by atoms with Crippen molar-refractivity contribution in [3.8, 4) is 16.9 Å². The van der Waals surface area contributed by atoms with Crippen LogP contribution in [0.25, 0.3) is 11.1 Å². The summed E-state index contributed by atoms with van der Waals surface area (Å²) in [6, 6.07) is 5.97. The minimum atomic E-state index is -0.658. The molecule has 6 nitrogen and oxygen atoms in total. The van der Waals surface area contributed by atoms with Crippen molar-refractivity contribution in [3.05, 3.63) is 41.3 Å². The smallest absolute Gasteiger partial charge is 0.326 e. The zero-order chi connectivity index (χ0) is 19.8. The molecular formula is C19H18ClFN2O4. The predicted molar refractivity (Wildman–Crippen MR) is 98.3 cm³/mol. The van der Waals surface area contributed by atoms with Gasteiger partial charge in [0, 0.05) is 11.8 Å². The molecule has 142 valence electrons. The first-order valence-corrected chi connectivity index (χ1v) is 8.62. The second-order valence-corrected chi connectivity index (χ2v) is 7.44. The van der Waals surface area contributed by atoms with Gasteiger partial charge < -0.3 is 9.47 Å². The van der Waals surface area contributed by atoms with Crippen LogP contribution < -0.4 is 9.64 Å². The Morgan fingerprint density at radius 1 is 1.33 bits per heavy atom. The largest absolute Gasteiger partial charge is 0.480 e. The number of hydrogen-bond donors (Lipinski definition) is 0. The third-order valence-electron chi connectivity index (χ3n) is 3.70. The highest BCUT2D eigenvalue weighted by Crippen LogP contribution is 2.34. The summed E-state index contributed by atoms with van der Waals surface area (Å²) in [4.78, 5) is 29.8. The number of aromatic nitrogens is 1. The molecule has 0 radical (unpaired) electrons. The van der Waals surface area contributed by atoms with Crippen molar-refractivity contribution in [2.24, 2.45) is 0 Å². The number of esters is 1. The van der Waals surface area contributed by atoms with Crippen LogP contribution in [0.4, 0.5) is 10.2 Å². The number of nitrogens with zero attached hydrogens (tertiary/aromatic N) is 2. The standard InChI is InChI=1S/C19H18ClFN2O4/c1-19(2,3)27-17(25)9-23-16(24)10-26-15-7-12(8-22-18(15)23)11-4-5-14(21)13(20)6-11/h4-8H,9-10H2,1-3H3. The summed E-state index contributed by atoms with van der Waals surface area (Å²) in [5, 5.41) is -0.00660. The monoisotopic (exact) mass is 392 g/mol. The molecule has 0 unspecified atom stereocenters. The molecule has 1 aromatic carbocycles. The third-order valence-corrected chi connectivity index (χ3v) is 3.99. The molecule has 8 heteroatoms. The number of carbonyl (C=O) groups is 2. The van der Waals surface area contributed by atoms with Crippen molar-refractivity contribution in [1.82, 2.24) is 4.98 Å². The van der Waals surface area contributed by atoms with E-state index >= 15 is 0 Å². The first-order chi connectivity index (χ1) is 12.6. The first-order valence-electron chi connectivity index (χ1n) is 8.24. The van der Waals surface area contributed by atoms with E-state index in [1.165, 1.54) is 23.2 Å². The van der Waals surface area contributed by atoms with Gasteiger partial charge in [0.1, 0.15) is 18.0 Å². The molecule has 0 N–H and O–H groups in total. The number of ether oxygens (including phenoxy) is 2. The van der Waals surface area contributed by atoms with Gasteiger partial charge >= 0.3 is 5.97 Å². The molecule has 0 fully saturated rings. The molecule has 1 aromatic heterocycles. The lowest BCUT2D eigenvalue weighted by molar-refractivity contribution is -0.153. The number of carbonyl (C=O) groups excluding carboxylic acids is 2. The number of halogens is 2. The Bertz CT molecular complexity index is 911. The summed E-state index contributed by atoms with van der Waals surface area (Å²) < 4.78 is 24.1. The van der Waals surface area contributed by atoms with Crippen LogP contribution >= 0.6 is 11.6 Å². The van der Waals surface area contributed by atoms with Gasteiger partial charge in [-0.25, -0.2) is 9.37 Å². The van der Waals surface area contributed by atoms with Crippen molar-refractivity contribution < 1.29 is 23.5 Å². The van der Waals surface area contributed by atoms with Gasteiger partial charge in [0.05, 0.1) is 5.02 Å². The summed E-state index contributed by atoms with van der Waals surface area (Å²) in [6.45, 7) is 4.77. The van der Waals surface area contributed by atoms with Crippen molar-refractivity contribution >= 4 is 29.3 Å². The molecule has 0 aliphatic carbocycles. The normalized spacial score (nSPS) is 13.8. The Balaban J connectivity index is 1.89. The second-order valence-electron chi connectivity index (χ2n) is 7.03. The molecule has 0 saturated carbocycles. The highest BCUT2D eigenvalue weighted by Gasteiger charge is 2.30. The van der Waals surface area contributed by atoms with E-state index in [0.29, 0.717) is 16.9 Å². The lowest BCUT2D eigenvalue weighted by Gasteiger charge is -2.29. The third kappa shape index (κ3) is 4.36. The SMILES string of the molecule is CC(C)(C)OC(=O)CN1C(=O)COc2cc(-c3ccc(F)c(Cl)c3)cnc21. The van der Waals surface area contributed by atoms with Gasteiger partial charge in [-0.3, -0.25) is 14.5 Å². The minimum absolute atomic E-state index is 0.00660. The van der Waals surface area contributed by atoms with Gasteiger partial charge in [0.2, 0.25) is 0 Å². The molecule has 1 aliphatic rings. The maximum Gasteiger partial charge on any atom is 0.326 e. The number of benzene rings is 1. The molecule has 27 heavy (non-hydrogen) atoms. The summed E-state index contributed by atoms with van der Waals surface area (Å²) in [6.07, 6.45) is 1.51. The lowest BCUT2D eigenvalue weighted by Crippen LogP contribution is -2.44. The van der Waals surface area contributed by atoms with E-state index in [1.807, 2.05) is 0 Å². The Hall–Kier alpha value is -2.67. The number of hydrogen-bond acceptors (Lipinski definition) is 5. The Morgan fingerprint density at radius 3 is 2.74 bits per heavy atom. The van der Waals surface area contributed by atoms with Gasteiger partial charge in [0.25, 0.3) is 5.91 Å². The van der Waals surface area contributed by atoms with E-state index in [2.05, 4.69) is 4.98 Å². The zero-order valence-corrected chi connectivity index (χ0v) is 15.8. The lowest BCUT2D eigenvalue weighted by atomic mass is 10.1. The van der Waals surface area contributed by atoms with E-state index < -0.39 is 23.3 Å². The van der Waals surface area contributed by atoms with E-state index in [1.54, 1.807) is 32.9 Å². The molecule has 1 aliphatic heterocycles. The minimum Gasteiger partial charge on any atom is -0.480 e. The highest BCUT2D eigenvalue weighted by molar-refractivity contribution is 6.31. The summed E-state index contributed by atoms with van der Waals surface area (Å²) in [7, 11) is 0. The van der Waals surface area contributed by atoms with Crippen LogP contribution in [-0.4, -0.2) is 35.6 Å². The molecule has 0 spiro atoms. The van der Waals surface area contributed by atoms with Crippen LogP contribution in [0.2, 0.25) is 5.02 Å². The fraction of sp³-hybridized carbons (Fsp3) is 0.316. The molecule has 0 atom stereocenters. The van der Waals surface area contributed by atoms with Gasteiger partial charge in [-0.1, -0.05) is 17.7 Å². The van der Waals surface area contributed by atoms with Crippen molar-refractivity contribution in [1.29, 1.82) is 0 Å². The van der Waals surface area contributed by atoms with E-state index in [9.17, 15) is 14.0 Å². The fourth-order valence-corrected chi connectivity index (χ4v) is 2.76. The van der Waals surface area contributed by atoms with Crippen molar-refractivity contribution in [2.45, 2.75) is 26.4 Å². The van der Waals surface area contributed by atoms with Crippen LogP contribution in [0.1, 0.15) is 20.8 Å². The predicted octanol–water partition coefficient (Wildman–Crippen LogP) is 3.61. The first kappa shape index (κ1) is 19.1. The average molecular weight is 393 g/mol. The van der Waals surface area contributed by atoms with Crippen LogP contribution in [0.3, 0.4) is 0 Å². The quantitative estimate of drug-likeness (QED) is 0.746. The highest BCUT2D eigenvalue weighted by atomic mass is 35.5. The van der Waals surface area contributed by atoms with Crippen LogP contribution in [0.5, 0.6) is 5.75 Å². The molecule has 3 rings (SSSR count). The fourth-order valence-electron chi connectivity index (χ4n) is 2.58. The van der Waals surface area contributed by atoms with Gasteiger partial charge in [-0.05, 0) is 44.5 Å². The van der Waals surface area contributed by atoms with E-state index in [0.717, 1.165) is 0 Å². The maximum absolute atomic E-state index is 13.4. The Morgan fingerprint density at radius 2 is 2.07 bits per heavy atom. The van der Waals surface area contributed by atoms with Gasteiger partial charge in [-0.15, -0.1) is 0 Å². The molecule has 0 bridgehead atoms. The second kappa shape index (κ2) is 7.15. The van der Waals surface area contributed by atoms with E-state index in [4.69, 9.17) is 21.1 Å². The molecular weight excluding hydrogens is 375 g/mol. The van der Waals surface area contributed by atoms with Crippen molar-refractivity contribution in [2.75, 3.05) is 18.1 Å². The zero-order valence-electron chi connectivity index (χ0n) is 15.1. The maximum atomic E-state index is 13.4. The summed E-state index contributed by atoms with van der Waals surface area (Å²) in [5.74, 6) is -0.875. The molecule has 2 heterocycles. The molecule has 1 amide bonds. The number of anilines is 1. The van der Waals surface area contributed by atoms with Crippen LogP contribution in [-0.2, 0) is 14.3 Å². The number of amides is 1. The van der Waals surface area contributed by atoms with Gasteiger partial charge in [0.15, 0.2) is 18.2 Å². The van der Waals surface area contributed by atoms with Gasteiger partial charge in [-0.2, -0.15) is 0 Å². The van der Waals surface area contributed by atoms with Crippen LogP contribution in [0.15, 0.2) is 30.5 Å². The van der Waals surface area contributed by atoms with E-state index in [-0.39, 0.29) is 24.0 Å². The topological polar surface area (TPSA) is 68.7 Å². The number of rotatable bonds is 3.